The number of rotatable bonds is 15. The van der Waals surface area contributed by atoms with Crippen LogP contribution < -0.4 is 0 Å². The van der Waals surface area contributed by atoms with Crippen molar-refractivity contribution in [2.24, 2.45) is 35.5 Å². The van der Waals surface area contributed by atoms with E-state index < -0.39 is 0 Å². The minimum atomic E-state index is 0.00694. The maximum atomic E-state index is 5.30. The van der Waals surface area contributed by atoms with E-state index in [1.165, 1.54) is 17.1 Å². The van der Waals surface area contributed by atoms with Crippen LogP contribution in [0.4, 0.5) is 0 Å². The van der Waals surface area contributed by atoms with Crippen molar-refractivity contribution in [1.82, 2.24) is 29.3 Å². The van der Waals surface area contributed by atoms with Crippen LogP contribution >= 0.6 is 20.2 Å². The summed E-state index contributed by atoms with van der Waals surface area (Å²) in [5, 5.41) is 15.9. The van der Waals surface area contributed by atoms with E-state index >= 15 is 0 Å². The van der Waals surface area contributed by atoms with Crippen LogP contribution in [0.5, 0.6) is 0 Å². The monoisotopic (exact) mass is 674 g/mol. The first-order chi connectivity index (χ1) is 20.1. The van der Waals surface area contributed by atoms with Gasteiger partial charge in [0.25, 0.3) is 0 Å². The third kappa shape index (κ3) is 12.1. The molecule has 0 atom stereocenters. The van der Waals surface area contributed by atoms with Crippen molar-refractivity contribution in [2.45, 2.75) is 122 Å². The molecule has 0 aliphatic heterocycles. The summed E-state index contributed by atoms with van der Waals surface area (Å²) in [5.41, 5.74) is 7.12. The zero-order valence-electron chi connectivity index (χ0n) is 28.8. The minimum absolute atomic E-state index is 0.00694. The molecule has 0 aliphatic carbocycles. The van der Waals surface area contributed by atoms with Crippen LogP contribution in [0.25, 0.3) is 0 Å². The summed E-state index contributed by atoms with van der Waals surface area (Å²) in [4.78, 5) is 0. The molecule has 0 aromatic carbocycles. The van der Waals surface area contributed by atoms with E-state index in [4.69, 9.17) is 35.5 Å². The van der Waals surface area contributed by atoms with Gasteiger partial charge in [-0.25, -0.2) is 0 Å². The molecule has 0 saturated heterocycles. The molecular formula is C34H57Cl2MnN6-. The Morgan fingerprint density at radius 1 is 0.488 bits per heavy atom. The Balaban J connectivity index is 0.00000206. The molecule has 43 heavy (non-hydrogen) atoms. The molecule has 9 heteroatoms. The molecule has 3 rings (SSSR count). The topological polar surface area (TPSA) is 53.5 Å². The number of halogens is 2. The van der Waals surface area contributed by atoms with Gasteiger partial charge in [-0.05, 0) is 91.1 Å². The van der Waals surface area contributed by atoms with Gasteiger partial charge in [-0.15, -0.1) is 0 Å². The van der Waals surface area contributed by atoms with Gasteiger partial charge in [0.15, 0.2) is 6.29 Å². The van der Waals surface area contributed by atoms with Gasteiger partial charge < -0.3 is 0 Å². The average molecular weight is 676 g/mol. The SMILES string of the molecule is CC(C)Cc1cc(CC(C)C)n([C-](n2nc(CC(C)C)cc2CC(C)C)n2nc(CC(C)C)cc2CC(C)C)n1.[Cl][Mn][Cl]. The van der Waals surface area contributed by atoms with Gasteiger partial charge in [0.05, 0.1) is 17.1 Å². The van der Waals surface area contributed by atoms with Gasteiger partial charge in [-0.2, -0.15) is 15.3 Å². The maximum absolute atomic E-state index is 5.30. The molecule has 0 aliphatic rings. The quantitative estimate of drug-likeness (QED) is 0.119. The third-order valence-corrected chi connectivity index (χ3v) is 6.77. The van der Waals surface area contributed by atoms with E-state index in [1.54, 1.807) is 0 Å². The molecule has 0 radical (unpaired) electrons. The number of aromatic nitrogens is 6. The fraction of sp³-hybridized carbons (Fsp3) is 0.706. The van der Waals surface area contributed by atoms with Crippen LogP contribution in [0.1, 0.15) is 117 Å². The summed E-state index contributed by atoms with van der Waals surface area (Å²) in [6, 6.07) is 6.96. The molecule has 3 aromatic rings. The van der Waals surface area contributed by atoms with Crippen molar-refractivity contribution in [3.8, 4) is 0 Å². The van der Waals surface area contributed by atoms with E-state index in [2.05, 4.69) is 115 Å². The first-order valence-corrected chi connectivity index (χ1v) is 19.4. The van der Waals surface area contributed by atoms with Crippen molar-refractivity contribution in [2.75, 3.05) is 0 Å². The molecule has 0 fully saturated rings. The zero-order valence-corrected chi connectivity index (χ0v) is 31.4. The van der Waals surface area contributed by atoms with E-state index in [1.807, 2.05) is 0 Å². The fourth-order valence-electron chi connectivity index (χ4n) is 5.46. The molecule has 245 valence electrons. The van der Waals surface area contributed by atoms with Crippen LogP contribution in [-0.4, -0.2) is 29.3 Å². The van der Waals surface area contributed by atoms with Crippen molar-refractivity contribution >= 4 is 20.2 Å². The molecule has 0 unspecified atom stereocenters. The van der Waals surface area contributed by atoms with Gasteiger partial charge >= 0.3 is 33.3 Å². The third-order valence-electron chi connectivity index (χ3n) is 6.77. The number of nitrogens with zero attached hydrogens (tertiary/aromatic N) is 6. The Labute approximate surface area is 277 Å². The second-order valence-electron chi connectivity index (χ2n) is 14.6. The van der Waals surface area contributed by atoms with Crippen molar-refractivity contribution < 1.29 is 13.1 Å². The Morgan fingerprint density at radius 3 is 0.884 bits per heavy atom. The summed E-state index contributed by atoms with van der Waals surface area (Å²) >= 11 is 0.00694. The first kappa shape index (κ1) is 37.8. The number of hydrogen-bond acceptors (Lipinski definition) is 3. The van der Waals surface area contributed by atoms with Crippen molar-refractivity contribution in [1.29, 1.82) is 0 Å². The summed E-state index contributed by atoms with van der Waals surface area (Å²) in [6.45, 7) is 27.3. The Hall–Kier alpha value is -1.40. The van der Waals surface area contributed by atoms with Crippen LogP contribution in [0, 0.1) is 41.8 Å². The van der Waals surface area contributed by atoms with Crippen LogP contribution in [0.3, 0.4) is 0 Å². The predicted molar refractivity (Wildman–Crippen MR) is 179 cm³/mol. The summed E-state index contributed by atoms with van der Waals surface area (Å²) in [5.74, 6) is 3.15. The Morgan fingerprint density at radius 2 is 0.698 bits per heavy atom. The molecule has 6 nitrogen and oxygen atoms in total. The average Bonchev–Trinajstić information content (AvgIpc) is 3.51. The molecular weight excluding hydrogens is 618 g/mol. The van der Waals surface area contributed by atoms with E-state index in [-0.39, 0.29) is 13.1 Å². The van der Waals surface area contributed by atoms with Crippen molar-refractivity contribution in [3.05, 3.63) is 58.7 Å². The number of hydrogen-bond donors (Lipinski definition) is 0. The standard InChI is InChI=1S/C34H57N6.2ClH.Mn/c1-22(2)13-28-19-31(16-25(7)8)38(35-28)34(39-32(17-26(9)10)20-29(36-39)14-23(3)4)40-33(18-27(11)12)21-30(37-40)15-24(5)6;;;/h19-27H,13-18H2,1-12H3;2*1H;/q-1;;;+2/p-2. The summed E-state index contributed by atoms with van der Waals surface area (Å²) < 4.78 is 6.55. The zero-order chi connectivity index (χ0) is 32.4. The Bertz CT molecular complexity index is 1070. The van der Waals surface area contributed by atoms with Gasteiger partial charge in [0, 0.05) is 0 Å². The predicted octanol–water partition coefficient (Wildman–Crippen LogP) is 9.24. The van der Waals surface area contributed by atoms with Gasteiger partial charge in [-0.3, -0.25) is 14.0 Å². The van der Waals surface area contributed by atoms with Crippen LogP contribution in [0.15, 0.2) is 18.2 Å². The van der Waals surface area contributed by atoms with Gasteiger partial charge in [-0.1, -0.05) is 101 Å². The van der Waals surface area contributed by atoms with Crippen LogP contribution in [0.2, 0.25) is 0 Å². The summed E-state index contributed by atoms with van der Waals surface area (Å²) in [6.07, 6.45) is 6.66. The fourth-order valence-corrected chi connectivity index (χ4v) is 5.46. The second-order valence-corrected chi connectivity index (χ2v) is 16.5. The molecule has 0 amide bonds. The van der Waals surface area contributed by atoms with Gasteiger partial charge in [0.2, 0.25) is 0 Å². The molecule has 0 spiro atoms. The van der Waals surface area contributed by atoms with E-state index in [0.717, 1.165) is 61.9 Å². The molecule has 0 bridgehead atoms. The first-order valence-electron chi connectivity index (χ1n) is 16.1. The normalized spacial score (nSPS) is 12.0. The van der Waals surface area contributed by atoms with Crippen molar-refractivity contribution in [3.63, 3.8) is 0 Å². The molecule has 0 saturated carbocycles. The molecule has 0 N–H and O–H groups in total. The van der Waals surface area contributed by atoms with Crippen LogP contribution in [-0.2, 0) is 51.7 Å². The summed E-state index contributed by atoms with van der Waals surface area (Å²) in [7, 11) is 9.59. The second kappa shape index (κ2) is 17.9. The van der Waals surface area contributed by atoms with E-state index in [0.29, 0.717) is 35.5 Å². The van der Waals surface area contributed by atoms with Gasteiger partial charge in [0.1, 0.15) is 0 Å². The molecule has 3 aromatic heterocycles. The molecule has 3 heterocycles. The Kier molecular flexibility index (Phi) is 15.7. The van der Waals surface area contributed by atoms with E-state index in [9.17, 15) is 0 Å².